The summed E-state index contributed by atoms with van der Waals surface area (Å²) in [6.07, 6.45) is 5.52. The Balaban J connectivity index is 1.50. The van der Waals surface area contributed by atoms with Gasteiger partial charge in [0, 0.05) is 18.5 Å². The van der Waals surface area contributed by atoms with Crippen molar-refractivity contribution in [3.8, 4) is 10.6 Å². The number of thiophene rings is 1. The number of anilines is 1. The van der Waals surface area contributed by atoms with Gasteiger partial charge in [-0.1, -0.05) is 22.8 Å². The van der Waals surface area contributed by atoms with E-state index in [0.717, 1.165) is 16.1 Å². The minimum Gasteiger partial charge on any atom is -0.468 e. The normalized spacial score (nSPS) is 12.1. The lowest BCUT2D eigenvalue weighted by Gasteiger charge is -2.12. The first kappa shape index (κ1) is 20.1. The molecule has 4 aromatic rings. The Morgan fingerprint density at radius 3 is 2.90 bits per heavy atom. The first-order valence-electron chi connectivity index (χ1n) is 9.03. The van der Waals surface area contributed by atoms with Crippen molar-refractivity contribution in [2.45, 2.75) is 18.9 Å². The highest BCUT2D eigenvalue weighted by Crippen LogP contribution is 2.31. The summed E-state index contributed by atoms with van der Waals surface area (Å²) in [4.78, 5) is 21.8. The average molecular weight is 444 g/mol. The van der Waals surface area contributed by atoms with Crippen LogP contribution in [0.4, 0.5) is 5.82 Å². The molecule has 1 unspecified atom stereocenters. The number of halogens is 1. The maximum atomic E-state index is 12.4. The number of nitrogens with zero attached hydrogens (tertiary/aromatic N) is 4. The lowest BCUT2D eigenvalue weighted by molar-refractivity contribution is -0.142. The van der Waals surface area contributed by atoms with Crippen molar-refractivity contribution in [1.82, 2.24) is 19.7 Å². The van der Waals surface area contributed by atoms with Crippen LogP contribution in [-0.2, 0) is 22.5 Å². The van der Waals surface area contributed by atoms with Crippen LogP contribution in [0.25, 0.3) is 10.6 Å². The van der Waals surface area contributed by atoms with Crippen LogP contribution in [0.3, 0.4) is 0 Å². The van der Waals surface area contributed by atoms with Crippen LogP contribution >= 0.6 is 22.9 Å². The predicted octanol–water partition coefficient (Wildman–Crippen LogP) is 3.78. The summed E-state index contributed by atoms with van der Waals surface area (Å²) in [5, 5.41) is 4.11. The van der Waals surface area contributed by atoms with Crippen molar-refractivity contribution < 1.29 is 14.1 Å². The van der Waals surface area contributed by atoms with Gasteiger partial charge in [-0.2, -0.15) is 0 Å². The third kappa shape index (κ3) is 4.52. The second kappa shape index (κ2) is 8.68. The molecule has 0 saturated carbocycles. The third-order valence-corrected chi connectivity index (χ3v) is 5.75. The molecule has 0 saturated heterocycles. The SMILES string of the molecule is COC(=O)C(Cc1ccc(N)nc1)c1cn(Cc2cc(-c3ccc(Cl)s3)on2)cn1. The van der Waals surface area contributed by atoms with Gasteiger partial charge in [-0.3, -0.25) is 4.79 Å². The number of hydrogen-bond donors (Lipinski definition) is 1. The van der Waals surface area contributed by atoms with Crippen LogP contribution in [0.1, 0.15) is 22.9 Å². The van der Waals surface area contributed by atoms with Gasteiger partial charge in [0.25, 0.3) is 0 Å². The maximum Gasteiger partial charge on any atom is 0.315 e. The average Bonchev–Trinajstić information content (AvgIpc) is 3.49. The molecule has 4 heterocycles. The van der Waals surface area contributed by atoms with Gasteiger partial charge in [-0.15, -0.1) is 11.3 Å². The van der Waals surface area contributed by atoms with E-state index in [4.69, 9.17) is 26.6 Å². The monoisotopic (exact) mass is 443 g/mol. The number of carbonyl (C=O) groups excluding carboxylic acids is 1. The van der Waals surface area contributed by atoms with Gasteiger partial charge in [0.15, 0.2) is 5.76 Å². The van der Waals surface area contributed by atoms with E-state index in [1.54, 1.807) is 18.6 Å². The Kier molecular flexibility index (Phi) is 5.82. The number of hydrogen-bond acceptors (Lipinski definition) is 8. The van der Waals surface area contributed by atoms with E-state index >= 15 is 0 Å². The quantitative estimate of drug-likeness (QED) is 0.433. The lowest BCUT2D eigenvalue weighted by Crippen LogP contribution is -2.17. The number of nitrogens with two attached hydrogens (primary N) is 1. The van der Waals surface area contributed by atoms with E-state index in [0.29, 0.717) is 34.6 Å². The molecular weight excluding hydrogens is 426 g/mol. The number of rotatable bonds is 7. The molecule has 30 heavy (non-hydrogen) atoms. The number of methoxy groups -OCH3 is 1. The number of pyridine rings is 1. The Hall–Kier alpha value is -3.17. The molecule has 0 aromatic carbocycles. The Bertz CT molecular complexity index is 1150. The zero-order chi connectivity index (χ0) is 21.1. The summed E-state index contributed by atoms with van der Waals surface area (Å²) < 4.78 is 12.9. The summed E-state index contributed by atoms with van der Waals surface area (Å²) >= 11 is 7.40. The van der Waals surface area contributed by atoms with E-state index in [-0.39, 0.29) is 5.97 Å². The molecule has 0 bridgehead atoms. The zero-order valence-electron chi connectivity index (χ0n) is 16.0. The van der Waals surface area contributed by atoms with Gasteiger partial charge >= 0.3 is 5.97 Å². The van der Waals surface area contributed by atoms with Crippen molar-refractivity contribution in [3.05, 3.63) is 70.3 Å². The molecule has 2 N–H and O–H groups in total. The number of carbonyl (C=O) groups is 1. The predicted molar refractivity (Wildman–Crippen MR) is 113 cm³/mol. The van der Waals surface area contributed by atoms with Gasteiger partial charge in [-0.05, 0) is 30.2 Å². The minimum absolute atomic E-state index is 0.365. The van der Waals surface area contributed by atoms with E-state index < -0.39 is 5.92 Å². The fraction of sp³-hybridized carbons (Fsp3) is 0.200. The number of esters is 1. The maximum absolute atomic E-state index is 12.4. The summed E-state index contributed by atoms with van der Waals surface area (Å²) in [5.41, 5.74) is 7.84. The van der Waals surface area contributed by atoms with Crippen molar-refractivity contribution in [3.63, 3.8) is 0 Å². The molecule has 0 aliphatic carbocycles. The lowest BCUT2D eigenvalue weighted by atomic mass is 9.98. The fourth-order valence-electron chi connectivity index (χ4n) is 3.02. The van der Waals surface area contributed by atoms with Crippen LogP contribution in [0.2, 0.25) is 4.34 Å². The largest absolute Gasteiger partial charge is 0.468 e. The van der Waals surface area contributed by atoms with Crippen LogP contribution in [0, 0.1) is 0 Å². The molecule has 0 spiro atoms. The molecule has 154 valence electrons. The molecule has 0 fully saturated rings. The standard InChI is InChI=1S/C20H18ClN5O3S/c1-28-20(27)14(6-12-2-5-19(22)23-8-12)15-10-26(11-24-15)9-13-7-16(29-25-13)17-3-4-18(21)30-17/h2-5,7-8,10-11,14H,6,9H2,1H3,(H2,22,23). The molecule has 8 nitrogen and oxygen atoms in total. The Labute approximate surface area is 181 Å². The molecule has 0 aliphatic heterocycles. The van der Waals surface area contributed by atoms with Gasteiger partial charge in [0.05, 0.1) is 34.9 Å². The van der Waals surface area contributed by atoms with E-state index in [2.05, 4.69) is 15.1 Å². The molecule has 1 atom stereocenters. The van der Waals surface area contributed by atoms with Gasteiger partial charge in [0.2, 0.25) is 0 Å². The molecular formula is C20H18ClN5O3S. The summed E-state index contributed by atoms with van der Waals surface area (Å²) in [7, 11) is 1.36. The number of aromatic nitrogens is 4. The Morgan fingerprint density at radius 2 is 2.20 bits per heavy atom. The minimum atomic E-state index is -0.553. The van der Waals surface area contributed by atoms with Crippen LogP contribution < -0.4 is 5.73 Å². The zero-order valence-corrected chi connectivity index (χ0v) is 17.6. The molecule has 4 aromatic heterocycles. The number of nitrogen functional groups attached to an aromatic ring is 1. The van der Waals surface area contributed by atoms with Crippen molar-refractivity contribution in [2.75, 3.05) is 12.8 Å². The van der Waals surface area contributed by atoms with Crippen molar-refractivity contribution in [1.29, 1.82) is 0 Å². The third-order valence-electron chi connectivity index (χ3n) is 4.50. The van der Waals surface area contributed by atoms with E-state index in [1.807, 2.05) is 35.0 Å². The van der Waals surface area contributed by atoms with E-state index in [1.165, 1.54) is 18.4 Å². The van der Waals surface area contributed by atoms with Gasteiger partial charge in [-0.25, -0.2) is 9.97 Å². The topological polar surface area (TPSA) is 109 Å². The number of imidazole rings is 1. The van der Waals surface area contributed by atoms with Gasteiger partial charge < -0.3 is 19.6 Å². The second-order valence-corrected chi connectivity index (χ2v) is 8.34. The highest BCUT2D eigenvalue weighted by Gasteiger charge is 2.25. The first-order chi connectivity index (χ1) is 14.5. The molecule has 0 radical (unpaired) electrons. The number of ether oxygens (including phenoxy) is 1. The van der Waals surface area contributed by atoms with Crippen LogP contribution in [-0.4, -0.2) is 32.8 Å². The Morgan fingerprint density at radius 1 is 1.33 bits per heavy atom. The molecule has 4 rings (SSSR count). The smallest absolute Gasteiger partial charge is 0.315 e. The molecule has 0 amide bonds. The summed E-state index contributed by atoms with van der Waals surface area (Å²) in [6, 6.07) is 9.10. The van der Waals surface area contributed by atoms with Crippen LogP contribution in [0.5, 0.6) is 0 Å². The highest BCUT2D eigenvalue weighted by molar-refractivity contribution is 7.19. The van der Waals surface area contributed by atoms with Crippen LogP contribution in [0.15, 0.2) is 53.6 Å². The highest BCUT2D eigenvalue weighted by atomic mass is 35.5. The second-order valence-electron chi connectivity index (χ2n) is 6.63. The fourth-order valence-corrected chi connectivity index (χ4v) is 4.01. The first-order valence-corrected chi connectivity index (χ1v) is 10.2. The summed E-state index contributed by atoms with van der Waals surface area (Å²) in [5.74, 6) is 0.165. The van der Waals surface area contributed by atoms with Crippen molar-refractivity contribution in [2.24, 2.45) is 0 Å². The van der Waals surface area contributed by atoms with Gasteiger partial charge in [0.1, 0.15) is 17.4 Å². The molecule has 0 aliphatic rings. The summed E-state index contributed by atoms with van der Waals surface area (Å²) in [6.45, 7) is 0.451. The van der Waals surface area contributed by atoms with E-state index in [9.17, 15) is 4.79 Å². The van der Waals surface area contributed by atoms with Crippen molar-refractivity contribution >= 4 is 34.7 Å². The molecule has 10 heteroatoms.